The van der Waals surface area contributed by atoms with Gasteiger partial charge < -0.3 is 0 Å². The topological polar surface area (TPSA) is 20.3 Å². The summed E-state index contributed by atoms with van der Waals surface area (Å²) < 4.78 is 0.576. The Morgan fingerprint density at radius 1 is 1.44 bits per heavy atom. The van der Waals surface area contributed by atoms with Crippen LogP contribution in [-0.4, -0.2) is 21.7 Å². The molecule has 0 aromatic heterocycles. The lowest BCUT2D eigenvalue weighted by Gasteiger charge is -2.09. The van der Waals surface area contributed by atoms with Crippen LogP contribution in [0, 0.1) is 0 Å². The zero-order chi connectivity index (χ0) is 13.3. The van der Waals surface area contributed by atoms with E-state index < -0.39 is 0 Å². The molecule has 0 saturated carbocycles. The molecule has 0 radical (unpaired) electrons. The number of carbonyl (C=O) groups excluding carboxylic acids is 1. The number of thiocarbonyl (C=S) groups is 1. The van der Waals surface area contributed by atoms with Gasteiger partial charge in [-0.15, -0.1) is 0 Å². The summed E-state index contributed by atoms with van der Waals surface area (Å²) >= 11 is 18.4. The summed E-state index contributed by atoms with van der Waals surface area (Å²) in [5.41, 5.74) is 0.723. The highest BCUT2D eigenvalue weighted by Gasteiger charge is 2.30. The molecule has 2 rings (SSSR count). The summed E-state index contributed by atoms with van der Waals surface area (Å²) in [5, 5.41) is 0.914. The Hall–Kier alpha value is -0.550. The highest BCUT2D eigenvalue weighted by atomic mass is 35.5. The van der Waals surface area contributed by atoms with E-state index >= 15 is 0 Å². The Bertz CT molecular complexity index is 557. The second kappa shape index (κ2) is 5.61. The van der Waals surface area contributed by atoms with Crippen molar-refractivity contribution in [2.45, 2.75) is 6.92 Å². The Morgan fingerprint density at radius 3 is 2.78 bits per heavy atom. The third-order valence-corrected chi connectivity index (χ3v) is 4.67. The average Bonchev–Trinajstić information content (AvgIpc) is 2.60. The number of likely N-dealkylation sites (N-methyl/N-ethyl adjacent to an activating group) is 1. The van der Waals surface area contributed by atoms with E-state index in [1.807, 2.05) is 13.0 Å². The van der Waals surface area contributed by atoms with Crippen LogP contribution in [0.4, 0.5) is 0 Å². The summed E-state index contributed by atoms with van der Waals surface area (Å²) in [6.45, 7) is 2.46. The minimum Gasteiger partial charge on any atom is -0.293 e. The first-order valence-electron chi connectivity index (χ1n) is 5.24. The maximum atomic E-state index is 12.0. The lowest BCUT2D eigenvalue weighted by molar-refractivity contribution is -0.121. The molecule has 1 aliphatic rings. The van der Waals surface area contributed by atoms with Gasteiger partial charge in [0.15, 0.2) is 0 Å². The van der Waals surface area contributed by atoms with Crippen LogP contribution in [0.1, 0.15) is 12.5 Å². The largest absolute Gasteiger partial charge is 0.293 e. The summed E-state index contributed by atoms with van der Waals surface area (Å²) in [6.07, 6.45) is 1.73. The zero-order valence-electron chi connectivity index (χ0n) is 9.44. The molecule has 1 heterocycles. The second-order valence-corrected chi connectivity index (χ2v) is 6.03. The molecule has 2 nitrogen and oxygen atoms in total. The summed E-state index contributed by atoms with van der Waals surface area (Å²) in [6, 6.07) is 5.31. The van der Waals surface area contributed by atoms with Crippen molar-refractivity contribution in [3.63, 3.8) is 0 Å². The maximum Gasteiger partial charge on any atom is 0.266 e. The van der Waals surface area contributed by atoms with E-state index in [-0.39, 0.29) is 5.91 Å². The minimum atomic E-state index is -0.0801. The van der Waals surface area contributed by atoms with Crippen molar-refractivity contribution in [1.82, 2.24) is 4.90 Å². The minimum absolute atomic E-state index is 0.0801. The van der Waals surface area contributed by atoms with E-state index in [0.717, 1.165) is 5.56 Å². The molecule has 1 saturated heterocycles. The fraction of sp³-hybridized carbons (Fsp3) is 0.167. The monoisotopic (exact) mass is 317 g/mol. The molecule has 1 aromatic carbocycles. The number of thioether (sulfide) groups is 1. The number of benzene rings is 1. The average molecular weight is 318 g/mol. The number of amides is 1. The first-order chi connectivity index (χ1) is 8.54. The van der Waals surface area contributed by atoms with Crippen LogP contribution in [0.2, 0.25) is 10.0 Å². The van der Waals surface area contributed by atoms with Gasteiger partial charge in [0.2, 0.25) is 0 Å². The summed E-state index contributed by atoms with van der Waals surface area (Å²) in [7, 11) is 0. The quantitative estimate of drug-likeness (QED) is 0.602. The normalized spacial score (nSPS) is 17.9. The molecule has 94 valence electrons. The number of hydrogen-bond donors (Lipinski definition) is 0. The number of nitrogens with zero attached hydrogens (tertiary/aromatic N) is 1. The maximum absolute atomic E-state index is 12.0. The lowest BCUT2D eigenvalue weighted by Crippen LogP contribution is -2.27. The van der Waals surface area contributed by atoms with Gasteiger partial charge in [0.1, 0.15) is 4.32 Å². The first-order valence-corrected chi connectivity index (χ1v) is 7.22. The second-order valence-electron chi connectivity index (χ2n) is 3.57. The molecule has 1 aliphatic heterocycles. The van der Waals surface area contributed by atoms with Crippen molar-refractivity contribution in [3.8, 4) is 0 Å². The highest BCUT2D eigenvalue weighted by Crippen LogP contribution is 2.34. The summed E-state index contributed by atoms with van der Waals surface area (Å²) in [5.74, 6) is -0.0801. The molecule has 1 fully saturated rings. The van der Waals surface area contributed by atoms with Gasteiger partial charge in [0.05, 0.1) is 15.0 Å². The van der Waals surface area contributed by atoms with Gasteiger partial charge in [0.25, 0.3) is 5.91 Å². The Labute approximate surface area is 125 Å². The third-order valence-electron chi connectivity index (χ3n) is 2.46. The van der Waals surface area contributed by atoms with Crippen LogP contribution >= 0.6 is 47.2 Å². The van der Waals surface area contributed by atoms with E-state index in [0.29, 0.717) is 25.8 Å². The Kier molecular flexibility index (Phi) is 4.33. The van der Waals surface area contributed by atoms with Crippen LogP contribution in [0.5, 0.6) is 0 Å². The van der Waals surface area contributed by atoms with E-state index in [1.165, 1.54) is 11.8 Å². The molecule has 0 N–H and O–H groups in total. The third kappa shape index (κ3) is 2.57. The predicted molar refractivity (Wildman–Crippen MR) is 82.0 cm³/mol. The van der Waals surface area contributed by atoms with Gasteiger partial charge in [-0.1, -0.05) is 59.3 Å². The molecule has 0 unspecified atom stereocenters. The van der Waals surface area contributed by atoms with Crippen LogP contribution in [0.3, 0.4) is 0 Å². The van der Waals surface area contributed by atoms with Gasteiger partial charge in [0, 0.05) is 6.54 Å². The zero-order valence-corrected chi connectivity index (χ0v) is 12.6. The molecular formula is C12H9Cl2NOS2. The SMILES string of the molecule is CCN1C(=O)/C(=C/c2cccc(Cl)c2Cl)SC1=S. The first kappa shape index (κ1) is 13.9. The van der Waals surface area contributed by atoms with Crippen LogP contribution in [0.25, 0.3) is 6.08 Å². The Balaban J connectivity index is 2.38. The molecular weight excluding hydrogens is 309 g/mol. The molecule has 1 amide bonds. The van der Waals surface area contributed by atoms with E-state index in [9.17, 15) is 4.79 Å². The van der Waals surface area contributed by atoms with E-state index in [4.69, 9.17) is 35.4 Å². The number of halogens is 2. The fourth-order valence-electron chi connectivity index (χ4n) is 1.55. The van der Waals surface area contributed by atoms with E-state index in [1.54, 1.807) is 23.1 Å². The van der Waals surface area contributed by atoms with E-state index in [2.05, 4.69) is 0 Å². The van der Waals surface area contributed by atoms with Crippen LogP contribution < -0.4 is 0 Å². The molecule has 6 heteroatoms. The molecule has 0 spiro atoms. The van der Waals surface area contributed by atoms with Gasteiger partial charge in [-0.05, 0) is 24.6 Å². The van der Waals surface area contributed by atoms with Crippen molar-refractivity contribution in [2.75, 3.05) is 6.54 Å². The van der Waals surface area contributed by atoms with Crippen molar-refractivity contribution < 1.29 is 4.79 Å². The van der Waals surface area contributed by atoms with Gasteiger partial charge >= 0.3 is 0 Å². The van der Waals surface area contributed by atoms with Gasteiger partial charge in [-0.3, -0.25) is 9.69 Å². The van der Waals surface area contributed by atoms with Crippen molar-refractivity contribution in [3.05, 3.63) is 38.7 Å². The number of rotatable bonds is 2. The number of carbonyl (C=O) groups is 1. The molecule has 18 heavy (non-hydrogen) atoms. The lowest BCUT2D eigenvalue weighted by atomic mass is 10.2. The smallest absolute Gasteiger partial charge is 0.266 e. The molecule has 0 atom stereocenters. The van der Waals surface area contributed by atoms with Crippen LogP contribution in [0.15, 0.2) is 23.1 Å². The van der Waals surface area contributed by atoms with Crippen molar-refractivity contribution in [1.29, 1.82) is 0 Å². The Morgan fingerprint density at radius 2 is 2.17 bits per heavy atom. The number of hydrogen-bond acceptors (Lipinski definition) is 3. The predicted octanol–water partition coefficient (Wildman–Crippen LogP) is 4.21. The van der Waals surface area contributed by atoms with Crippen molar-refractivity contribution >= 4 is 63.5 Å². The van der Waals surface area contributed by atoms with Crippen molar-refractivity contribution in [2.24, 2.45) is 0 Å². The fourth-order valence-corrected chi connectivity index (χ4v) is 3.28. The molecule has 0 bridgehead atoms. The highest BCUT2D eigenvalue weighted by molar-refractivity contribution is 8.26. The standard InChI is InChI=1S/C12H9Cl2NOS2/c1-2-15-11(16)9(18-12(15)17)6-7-4-3-5-8(13)10(7)14/h3-6H,2H2,1H3/b9-6-. The van der Waals surface area contributed by atoms with Crippen LogP contribution in [-0.2, 0) is 4.79 Å². The molecule has 0 aliphatic carbocycles. The van der Waals surface area contributed by atoms with Gasteiger partial charge in [-0.2, -0.15) is 0 Å². The summed E-state index contributed by atoms with van der Waals surface area (Å²) in [4.78, 5) is 14.2. The van der Waals surface area contributed by atoms with Gasteiger partial charge in [-0.25, -0.2) is 0 Å². The molecule has 1 aromatic rings.